The van der Waals surface area contributed by atoms with Gasteiger partial charge in [0.25, 0.3) is 0 Å². The van der Waals surface area contributed by atoms with Crippen LogP contribution in [0.5, 0.6) is 0 Å². The van der Waals surface area contributed by atoms with Crippen molar-refractivity contribution in [2.24, 2.45) is 0 Å². The second-order valence-electron chi connectivity index (χ2n) is 4.71. The summed E-state index contributed by atoms with van der Waals surface area (Å²) in [5, 5.41) is 6.56. The number of anilines is 3. The van der Waals surface area contributed by atoms with Crippen LogP contribution in [0.2, 0.25) is 0 Å². The number of aromatic amines is 1. The molecular weight excluding hydrogens is 240 g/mol. The molecular formula is C13H18N6. The zero-order chi connectivity index (χ0) is 13.1. The highest BCUT2D eigenvalue weighted by molar-refractivity contribution is 5.58. The first-order valence-electron chi connectivity index (χ1n) is 6.49. The summed E-state index contributed by atoms with van der Waals surface area (Å²) < 4.78 is 0. The Morgan fingerprint density at radius 3 is 3.11 bits per heavy atom. The van der Waals surface area contributed by atoms with E-state index in [-0.39, 0.29) is 0 Å². The van der Waals surface area contributed by atoms with E-state index in [2.05, 4.69) is 30.5 Å². The lowest BCUT2D eigenvalue weighted by atomic mass is 10.3. The van der Waals surface area contributed by atoms with Crippen LogP contribution in [-0.2, 0) is 0 Å². The Morgan fingerprint density at radius 1 is 1.42 bits per heavy atom. The lowest BCUT2D eigenvalue weighted by molar-refractivity contribution is 0.616. The molecule has 1 aliphatic rings. The summed E-state index contributed by atoms with van der Waals surface area (Å²) in [5.74, 6) is 1.79. The Bertz CT molecular complexity index is 524. The minimum absolute atomic E-state index is 0.552. The normalized spacial score (nSPS) is 18.8. The Labute approximate surface area is 112 Å². The second-order valence-corrected chi connectivity index (χ2v) is 4.71. The maximum Gasteiger partial charge on any atom is 0.135 e. The monoisotopic (exact) mass is 258 g/mol. The molecule has 0 aliphatic carbocycles. The van der Waals surface area contributed by atoms with Crippen molar-refractivity contribution in [1.29, 1.82) is 0 Å². The van der Waals surface area contributed by atoms with Crippen LogP contribution in [0.4, 0.5) is 17.3 Å². The third-order valence-corrected chi connectivity index (χ3v) is 3.44. The molecule has 0 radical (unpaired) electrons. The van der Waals surface area contributed by atoms with Crippen molar-refractivity contribution in [1.82, 2.24) is 20.3 Å². The zero-order valence-electron chi connectivity index (χ0n) is 10.9. The summed E-state index contributed by atoms with van der Waals surface area (Å²) in [5.41, 5.74) is 0.999. The van der Waals surface area contributed by atoms with Crippen LogP contribution in [0, 0.1) is 0 Å². The number of nitrogens with zero attached hydrogens (tertiary/aromatic N) is 3. The summed E-state index contributed by atoms with van der Waals surface area (Å²) in [6.45, 7) is 2.03. The fourth-order valence-electron chi connectivity index (χ4n) is 2.34. The van der Waals surface area contributed by atoms with E-state index in [1.165, 1.54) is 0 Å². The number of aromatic nitrogens is 3. The Hall–Kier alpha value is -2.08. The van der Waals surface area contributed by atoms with Gasteiger partial charge in [-0.3, -0.25) is 0 Å². The van der Waals surface area contributed by atoms with Crippen LogP contribution in [-0.4, -0.2) is 41.1 Å². The highest BCUT2D eigenvalue weighted by Crippen LogP contribution is 2.21. The van der Waals surface area contributed by atoms with Crippen LogP contribution in [0.1, 0.15) is 6.42 Å². The number of hydrogen-bond acceptors (Lipinski definition) is 5. The molecule has 1 fully saturated rings. The molecule has 3 N–H and O–H groups in total. The van der Waals surface area contributed by atoms with Crippen molar-refractivity contribution in [2.75, 3.05) is 30.4 Å². The van der Waals surface area contributed by atoms with Crippen molar-refractivity contribution < 1.29 is 0 Å². The predicted octanol–water partition coefficient (Wildman–Crippen LogP) is 1.35. The fraction of sp³-hybridized carbons (Fsp3) is 0.385. The highest BCUT2D eigenvalue weighted by Gasteiger charge is 2.22. The third-order valence-electron chi connectivity index (χ3n) is 3.44. The number of likely N-dealkylation sites (N-methyl/N-ethyl adjacent to an activating group) is 1. The SMILES string of the molecule is CNC1CCN(c2cc(Nc3cc[nH]c3)ncn2)C1. The van der Waals surface area contributed by atoms with Crippen LogP contribution in [0.25, 0.3) is 0 Å². The van der Waals surface area contributed by atoms with Gasteiger partial charge >= 0.3 is 0 Å². The van der Waals surface area contributed by atoms with Gasteiger partial charge in [0.15, 0.2) is 0 Å². The van der Waals surface area contributed by atoms with E-state index < -0.39 is 0 Å². The molecule has 0 amide bonds. The van der Waals surface area contributed by atoms with Gasteiger partial charge in [0.2, 0.25) is 0 Å². The van der Waals surface area contributed by atoms with Gasteiger partial charge in [-0.1, -0.05) is 0 Å². The van der Waals surface area contributed by atoms with Gasteiger partial charge in [0.05, 0.1) is 5.69 Å². The van der Waals surface area contributed by atoms with Crippen molar-refractivity contribution in [2.45, 2.75) is 12.5 Å². The quantitative estimate of drug-likeness (QED) is 0.772. The largest absolute Gasteiger partial charge is 0.366 e. The summed E-state index contributed by atoms with van der Waals surface area (Å²) in [7, 11) is 2.01. The molecule has 6 heteroatoms. The van der Waals surface area contributed by atoms with Crippen LogP contribution in [0.3, 0.4) is 0 Å². The van der Waals surface area contributed by atoms with Gasteiger partial charge in [-0.2, -0.15) is 0 Å². The van der Waals surface area contributed by atoms with E-state index >= 15 is 0 Å². The van der Waals surface area contributed by atoms with Gasteiger partial charge in [-0.05, 0) is 19.5 Å². The summed E-state index contributed by atoms with van der Waals surface area (Å²) in [6, 6.07) is 4.51. The molecule has 3 heterocycles. The minimum atomic E-state index is 0.552. The van der Waals surface area contributed by atoms with E-state index in [0.717, 1.165) is 36.8 Å². The molecule has 1 saturated heterocycles. The third kappa shape index (κ3) is 2.68. The van der Waals surface area contributed by atoms with Crippen LogP contribution >= 0.6 is 0 Å². The lowest BCUT2D eigenvalue weighted by Gasteiger charge is -2.17. The molecule has 0 aromatic carbocycles. The molecule has 0 bridgehead atoms. The maximum atomic E-state index is 4.36. The first kappa shape index (κ1) is 12.0. The fourth-order valence-corrected chi connectivity index (χ4v) is 2.34. The molecule has 1 unspecified atom stereocenters. The van der Waals surface area contributed by atoms with Crippen molar-refractivity contribution in [3.63, 3.8) is 0 Å². The Morgan fingerprint density at radius 2 is 2.37 bits per heavy atom. The van der Waals surface area contributed by atoms with Crippen molar-refractivity contribution >= 4 is 17.3 Å². The Kier molecular flexibility index (Phi) is 3.33. The molecule has 3 rings (SSSR count). The van der Waals surface area contributed by atoms with Crippen LogP contribution < -0.4 is 15.5 Å². The Balaban J connectivity index is 1.73. The number of H-pyrrole nitrogens is 1. The molecule has 2 aromatic rings. The molecule has 0 spiro atoms. The maximum absolute atomic E-state index is 4.36. The zero-order valence-corrected chi connectivity index (χ0v) is 10.9. The lowest BCUT2D eigenvalue weighted by Crippen LogP contribution is -2.29. The highest BCUT2D eigenvalue weighted by atomic mass is 15.2. The van der Waals surface area contributed by atoms with E-state index in [4.69, 9.17) is 0 Å². The van der Waals surface area contributed by atoms with Gasteiger partial charge < -0.3 is 20.5 Å². The summed E-state index contributed by atoms with van der Waals surface area (Å²) in [4.78, 5) is 13.9. The van der Waals surface area contributed by atoms with Gasteiger partial charge in [-0.15, -0.1) is 0 Å². The molecule has 2 aromatic heterocycles. The van der Waals surface area contributed by atoms with Crippen molar-refractivity contribution in [3.05, 3.63) is 30.9 Å². The number of rotatable bonds is 4. The first-order valence-corrected chi connectivity index (χ1v) is 6.49. The molecule has 1 aliphatic heterocycles. The number of nitrogens with one attached hydrogen (secondary N) is 3. The van der Waals surface area contributed by atoms with E-state index in [9.17, 15) is 0 Å². The topological polar surface area (TPSA) is 68.9 Å². The summed E-state index contributed by atoms with van der Waals surface area (Å²) in [6.07, 6.45) is 6.54. The molecule has 0 saturated carbocycles. The van der Waals surface area contributed by atoms with E-state index in [1.807, 2.05) is 31.6 Å². The molecule has 6 nitrogen and oxygen atoms in total. The molecule has 100 valence electrons. The molecule has 1 atom stereocenters. The second kappa shape index (κ2) is 5.27. The van der Waals surface area contributed by atoms with Gasteiger partial charge in [0, 0.05) is 37.6 Å². The average molecular weight is 258 g/mol. The number of hydrogen-bond donors (Lipinski definition) is 3. The van der Waals surface area contributed by atoms with Gasteiger partial charge in [-0.25, -0.2) is 9.97 Å². The van der Waals surface area contributed by atoms with Crippen molar-refractivity contribution in [3.8, 4) is 0 Å². The first-order chi connectivity index (χ1) is 9.35. The van der Waals surface area contributed by atoms with Gasteiger partial charge in [0.1, 0.15) is 18.0 Å². The van der Waals surface area contributed by atoms with E-state index in [0.29, 0.717) is 6.04 Å². The van der Waals surface area contributed by atoms with Crippen LogP contribution in [0.15, 0.2) is 30.9 Å². The standard InChI is InChI=1S/C13H18N6/c1-14-11-3-5-19(8-11)13-6-12(16-9-17-13)18-10-2-4-15-7-10/h2,4,6-7,9,11,14-15H,3,5,8H2,1H3,(H,16,17,18). The molecule has 19 heavy (non-hydrogen) atoms. The predicted molar refractivity (Wildman–Crippen MR) is 75.8 cm³/mol. The summed E-state index contributed by atoms with van der Waals surface area (Å²) >= 11 is 0. The average Bonchev–Trinajstić information content (AvgIpc) is 3.09. The smallest absolute Gasteiger partial charge is 0.135 e. The van der Waals surface area contributed by atoms with E-state index in [1.54, 1.807) is 6.33 Å². The minimum Gasteiger partial charge on any atom is -0.366 e.